The largest absolute Gasteiger partial charge is 0.393 e. The van der Waals surface area contributed by atoms with Gasteiger partial charge in [-0.15, -0.1) is 0 Å². The number of halogens is 2. The minimum absolute atomic E-state index is 0.0448. The van der Waals surface area contributed by atoms with E-state index in [1.165, 1.54) is 12.1 Å². The van der Waals surface area contributed by atoms with Crippen LogP contribution in [-0.4, -0.2) is 32.5 Å². The Balaban J connectivity index is 1.48. The lowest BCUT2D eigenvalue weighted by molar-refractivity contribution is 0.110. The molecule has 1 saturated carbocycles. The molecule has 6 nitrogen and oxygen atoms in total. The third-order valence-corrected chi connectivity index (χ3v) is 7.86. The molecule has 4 aromatic rings. The van der Waals surface area contributed by atoms with Crippen molar-refractivity contribution in [1.29, 1.82) is 0 Å². The molecule has 0 unspecified atom stereocenters. The molecule has 2 aromatic heterocycles. The molecule has 3 heterocycles. The number of anilines is 1. The van der Waals surface area contributed by atoms with Crippen LogP contribution < -0.4 is 4.90 Å². The summed E-state index contributed by atoms with van der Waals surface area (Å²) in [7, 11) is 0. The number of aromatic nitrogens is 3. The summed E-state index contributed by atoms with van der Waals surface area (Å²) in [4.78, 5) is 7.32. The van der Waals surface area contributed by atoms with E-state index in [1.807, 2.05) is 13.8 Å². The summed E-state index contributed by atoms with van der Waals surface area (Å²) in [6, 6.07) is 10.6. The van der Waals surface area contributed by atoms with Gasteiger partial charge in [0.2, 0.25) is 0 Å². The minimum Gasteiger partial charge on any atom is -0.393 e. The maximum Gasteiger partial charge on any atom is 0.160 e. The Morgan fingerprint density at radius 3 is 2.50 bits per heavy atom. The normalized spacial score (nSPS) is 22.6. The van der Waals surface area contributed by atoms with Gasteiger partial charge in [-0.25, -0.2) is 13.8 Å². The molecule has 1 aliphatic carbocycles. The Morgan fingerprint density at radius 1 is 0.972 bits per heavy atom. The summed E-state index contributed by atoms with van der Waals surface area (Å²) in [6.45, 7) is 4.60. The molecule has 2 aliphatic rings. The zero-order chi connectivity index (χ0) is 25.0. The monoisotopic (exact) mass is 492 g/mol. The van der Waals surface area contributed by atoms with Gasteiger partial charge in [-0.2, -0.15) is 0 Å². The molecule has 2 fully saturated rings. The number of hydrogen-bond acceptors (Lipinski definition) is 5. The highest BCUT2D eigenvalue weighted by Crippen LogP contribution is 2.42. The number of rotatable bonds is 4. The van der Waals surface area contributed by atoms with Crippen LogP contribution in [-0.2, 0) is 0 Å². The average molecular weight is 493 g/mol. The summed E-state index contributed by atoms with van der Waals surface area (Å²) in [5.74, 6) is 0.0454. The van der Waals surface area contributed by atoms with Crippen LogP contribution in [0.1, 0.15) is 67.9 Å². The minimum atomic E-state index is -0.839. The molecular weight excluding hydrogens is 462 g/mol. The van der Waals surface area contributed by atoms with Crippen LogP contribution in [0.3, 0.4) is 0 Å². The van der Waals surface area contributed by atoms with Crippen molar-refractivity contribution in [2.24, 2.45) is 0 Å². The number of aliphatic hydroxyl groups is 1. The van der Waals surface area contributed by atoms with E-state index in [1.54, 1.807) is 6.07 Å². The van der Waals surface area contributed by atoms with E-state index in [4.69, 9.17) is 9.51 Å². The highest BCUT2D eigenvalue weighted by atomic mass is 19.2. The van der Waals surface area contributed by atoms with Crippen molar-refractivity contribution in [3.8, 4) is 11.1 Å². The lowest BCUT2D eigenvalue weighted by Crippen LogP contribution is -2.28. The Bertz CT molecular complexity index is 1400. The van der Waals surface area contributed by atoms with Crippen LogP contribution >= 0.6 is 0 Å². The van der Waals surface area contributed by atoms with Crippen molar-refractivity contribution in [3.05, 3.63) is 65.3 Å². The van der Waals surface area contributed by atoms with E-state index >= 15 is 0 Å². The van der Waals surface area contributed by atoms with Crippen LogP contribution in [0.15, 0.2) is 40.9 Å². The highest BCUT2D eigenvalue weighted by Gasteiger charge is 2.34. The van der Waals surface area contributed by atoms with Crippen LogP contribution in [0.25, 0.3) is 22.2 Å². The van der Waals surface area contributed by atoms with Crippen molar-refractivity contribution in [2.45, 2.75) is 70.6 Å². The second kappa shape index (κ2) is 9.00. The van der Waals surface area contributed by atoms with E-state index in [0.29, 0.717) is 5.69 Å². The zero-order valence-corrected chi connectivity index (χ0v) is 20.5. The Labute approximate surface area is 208 Å². The van der Waals surface area contributed by atoms with E-state index < -0.39 is 11.6 Å². The van der Waals surface area contributed by atoms with Gasteiger partial charge in [0.25, 0.3) is 0 Å². The fourth-order valence-corrected chi connectivity index (χ4v) is 6.11. The maximum atomic E-state index is 14.1. The molecule has 36 heavy (non-hydrogen) atoms. The second-order valence-corrected chi connectivity index (χ2v) is 10.2. The smallest absolute Gasteiger partial charge is 0.160 e. The first kappa shape index (κ1) is 23.2. The first-order chi connectivity index (χ1) is 17.4. The third-order valence-electron chi connectivity index (χ3n) is 7.86. The van der Waals surface area contributed by atoms with Crippen molar-refractivity contribution in [1.82, 2.24) is 14.7 Å². The number of aryl methyl sites for hydroxylation is 2. The lowest BCUT2D eigenvalue weighted by atomic mass is 9.92. The molecule has 1 aliphatic heterocycles. The standard InChI is InChI=1S/C28H30F2N4O2/c1-16-27(17(2)36-32-16)18-5-12-25-24(14-18)31-28(34(25)19-6-9-21(35)10-7-19)26-4-3-13-33(26)20-8-11-22(29)23(30)15-20/h5,8,11-12,14-15,19,21,26,35H,3-4,6-7,9-10,13H2,1-2H3/t19-,21+,26-/m0/s1. The summed E-state index contributed by atoms with van der Waals surface area (Å²) in [6.07, 6.45) is 4.86. The molecule has 1 N–H and O–H groups in total. The fraction of sp³-hybridized carbons (Fsp3) is 0.429. The molecule has 6 rings (SSSR count). The van der Waals surface area contributed by atoms with Gasteiger partial charge in [0, 0.05) is 29.9 Å². The van der Waals surface area contributed by atoms with Crippen LogP contribution in [0, 0.1) is 25.5 Å². The van der Waals surface area contributed by atoms with Crippen LogP contribution in [0.4, 0.5) is 14.5 Å². The molecule has 0 bridgehead atoms. The van der Waals surface area contributed by atoms with E-state index in [0.717, 1.165) is 84.5 Å². The second-order valence-electron chi connectivity index (χ2n) is 10.2. The zero-order valence-electron chi connectivity index (χ0n) is 20.5. The first-order valence-corrected chi connectivity index (χ1v) is 12.8. The van der Waals surface area contributed by atoms with Gasteiger partial charge in [-0.3, -0.25) is 0 Å². The molecule has 2 aromatic carbocycles. The van der Waals surface area contributed by atoms with E-state index in [2.05, 4.69) is 32.8 Å². The van der Waals surface area contributed by atoms with Crippen molar-refractivity contribution >= 4 is 16.7 Å². The molecule has 0 spiro atoms. The molecule has 0 amide bonds. The average Bonchev–Trinajstić information content (AvgIpc) is 3.58. The number of benzene rings is 2. The van der Waals surface area contributed by atoms with Crippen molar-refractivity contribution < 1.29 is 18.4 Å². The Kier molecular flexibility index (Phi) is 5.79. The molecule has 0 radical (unpaired) electrons. The van der Waals surface area contributed by atoms with E-state index in [9.17, 15) is 13.9 Å². The molecular formula is C28H30F2N4O2. The number of fused-ring (bicyclic) bond motifs is 1. The summed E-state index contributed by atoms with van der Waals surface area (Å²) < 4.78 is 35.5. The first-order valence-electron chi connectivity index (χ1n) is 12.8. The van der Waals surface area contributed by atoms with Gasteiger partial charge in [0.1, 0.15) is 11.6 Å². The lowest BCUT2D eigenvalue weighted by Gasteiger charge is -2.32. The van der Waals surface area contributed by atoms with Crippen LogP contribution in [0.2, 0.25) is 0 Å². The van der Waals surface area contributed by atoms with Gasteiger partial charge < -0.3 is 19.1 Å². The summed E-state index contributed by atoms with van der Waals surface area (Å²) >= 11 is 0. The highest BCUT2D eigenvalue weighted by molar-refractivity contribution is 5.84. The van der Waals surface area contributed by atoms with Gasteiger partial charge >= 0.3 is 0 Å². The quantitative estimate of drug-likeness (QED) is 0.357. The maximum absolute atomic E-state index is 14.1. The number of imidazole rings is 1. The molecule has 8 heteroatoms. The van der Waals surface area contributed by atoms with Crippen LogP contribution in [0.5, 0.6) is 0 Å². The van der Waals surface area contributed by atoms with Crippen molar-refractivity contribution in [3.63, 3.8) is 0 Å². The number of aliphatic hydroxyl groups excluding tert-OH is 1. The van der Waals surface area contributed by atoms with E-state index in [-0.39, 0.29) is 18.2 Å². The SMILES string of the molecule is Cc1noc(C)c1-c1ccc2c(c1)nc([C@@H]1CCCN1c1ccc(F)c(F)c1)n2[C@H]1CC[C@@H](O)CC1. The molecule has 1 atom stereocenters. The Morgan fingerprint density at radius 2 is 1.78 bits per heavy atom. The predicted octanol–water partition coefficient (Wildman–Crippen LogP) is 6.40. The van der Waals surface area contributed by atoms with Gasteiger partial charge in [0.15, 0.2) is 11.6 Å². The van der Waals surface area contributed by atoms with Gasteiger partial charge in [-0.05, 0) is 82.2 Å². The predicted molar refractivity (Wildman–Crippen MR) is 134 cm³/mol. The summed E-state index contributed by atoms with van der Waals surface area (Å²) in [5.41, 5.74) is 5.46. The third kappa shape index (κ3) is 3.88. The number of nitrogens with zero attached hydrogens (tertiary/aromatic N) is 4. The summed E-state index contributed by atoms with van der Waals surface area (Å²) in [5, 5.41) is 14.2. The number of hydrogen-bond donors (Lipinski definition) is 1. The van der Waals surface area contributed by atoms with Gasteiger partial charge in [0.05, 0.1) is 28.9 Å². The van der Waals surface area contributed by atoms with Gasteiger partial charge in [-0.1, -0.05) is 11.2 Å². The Hall–Kier alpha value is -3.26. The van der Waals surface area contributed by atoms with Crippen molar-refractivity contribution in [2.75, 3.05) is 11.4 Å². The topological polar surface area (TPSA) is 67.3 Å². The molecule has 188 valence electrons. The fourth-order valence-electron chi connectivity index (χ4n) is 6.11. The molecule has 1 saturated heterocycles.